The second-order valence-corrected chi connectivity index (χ2v) is 5.96. The second kappa shape index (κ2) is 5.79. The van der Waals surface area contributed by atoms with E-state index in [1.807, 2.05) is 19.1 Å². The molecule has 0 spiro atoms. The highest BCUT2D eigenvalue weighted by molar-refractivity contribution is 5.62. The highest BCUT2D eigenvalue weighted by atomic mass is 16.6. The number of aryl methyl sites for hydroxylation is 1. The van der Waals surface area contributed by atoms with Crippen LogP contribution in [0, 0.1) is 17.0 Å². The predicted octanol–water partition coefficient (Wildman–Crippen LogP) is 3.19. The van der Waals surface area contributed by atoms with Crippen LogP contribution in [-0.2, 0) is 0 Å². The van der Waals surface area contributed by atoms with Crippen LogP contribution in [0.3, 0.4) is 0 Å². The molecule has 0 atom stereocenters. The van der Waals surface area contributed by atoms with Gasteiger partial charge in [-0.3, -0.25) is 10.1 Å². The number of anilines is 1. The van der Waals surface area contributed by atoms with Crippen LogP contribution in [0.5, 0.6) is 0 Å². The van der Waals surface area contributed by atoms with Crippen molar-refractivity contribution in [3.63, 3.8) is 0 Å². The molecule has 0 saturated heterocycles. The molecule has 1 aromatic rings. The Labute approximate surface area is 120 Å². The molecule has 1 saturated carbocycles. The zero-order valence-corrected chi connectivity index (χ0v) is 12.5. The maximum atomic E-state index is 11.1. The van der Waals surface area contributed by atoms with Crippen molar-refractivity contribution in [1.82, 2.24) is 4.90 Å². The normalized spacial score (nSPS) is 17.4. The van der Waals surface area contributed by atoms with Crippen molar-refractivity contribution in [3.8, 4) is 0 Å². The summed E-state index contributed by atoms with van der Waals surface area (Å²) in [4.78, 5) is 13.1. The molecule has 0 heterocycles. The molecule has 1 fully saturated rings. The summed E-state index contributed by atoms with van der Waals surface area (Å²) in [5.41, 5.74) is 1.81. The average Bonchev–Trinajstić information content (AvgIpc) is 2.87. The van der Waals surface area contributed by atoms with Crippen molar-refractivity contribution in [3.05, 3.63) is 33.9 Å². The van der Waals surface area contributed by atoms with Crippen LogP contribution in [0.25, 0.3) is 0 Å². The summed E-state index contributed by atoms with van der Waals surface area (Å²) in [5, 5.41) is 14.4. The molecule has 20 heavy (non-hydrogen) atoms. The van der Waals surface area contributed by atoms with Gasteiger partial charge in [0.1, 0.15) is 5.69 Å². The van der Waals surface area contributed by atoms with E-state index in [0.717, 1.165) is 24.9 Å². The molecule has 1 aliphatic rings. The molecular formula is C15H23N3O2. The smallest absolute Gasteiger partial charge is 0.292 e. The number of nitrogens with one attached hydrogen (secondary N) is 1. The van der Waals surface area contributed by atoms with Gasteiger partial charge in [0.15, 0.2) is 0 Å². The Morgan fingerprint density at radius 1 is 1.35 bits per heavy atom. The number of nitro groups is 1. The second-order valence-electron chi connectivity index (χ2n) is 5.96. The Bertz CT molecular complexity index is 494. The zero-order valence-electron chi connectivity index (χ0n) is 12.5. The lowest BCUT2D eigenvalue weighted by Crippen LogP contribution is -2.47. The lowest BCUT2D eigenvalue weighted by molar-refractivity contribution is -0.384. The van der Waals surface area contributed by atoms with E-state index in [0.29, 0.717) is 5.69 Å². The van der Waals surface area contributed by atoms with Crippen LogP contribution < -0.4 is 5.32 Å². The third kappa shape index (κ3) is 2.93. The Morgan fingerprint density at radius 2 is 2.00 bits per heavy atom. The molecule has 0 aliphatic heterocycles. The van der Waals surface area contributed by atoms with Gasteiger partial charge in [0.05, 0.1) is 4.92 Å². The average molecular weight is 277 g/mol. The third-order valence-electron chi connectivity index (χ3n) is 4.44. The van der Waals surface area contributed by atoms with Crippen LogP contribution >= 0.6 is 0 Å². The molecule has 110 valence electrons. The van der Waals surface area contributed by atoms with Gasteiger partial charge in [-0.2, -0.15) is 0 Å². The van der Waals surface area contributed by atoms with Crippen LogP contribution in [-0.4, -0.2) is 36.0 Å². The number of hydrogen-bond donors (Lipinski definition) is 1. The largest absolute Gasteiger partial charge is 0.378 e. The summed E-state index contributed by atoms with van der Waals surface area (Å²) >= 11 is 0. The van der Waals surface area contributed by atoms with Crippen molar-refractivity contribution < 1.29 is 4.92 Å². The Hall–Kier alpha value is -1.62. The first-order valence-corrected chi connectivity index (χ1v) is 7.11. The van der Waals surface area contributed by atoms with Gasteiger partial charge in [0.2, 0.25) is 0 Å². The number of nitrogens with zero attached hydrogens (tertiary/aromatic N) is 2. The minimum Gasteiger partial charge on any atom is -0.378 e. The zero-order chi connectivity index (χ0) is 14.8. The third-order valence-corrected chi connectivity index (χ3v) is 4.44. The van der Waals surface area contributed by atoms with Crippen molar-refractivity contribution >= 4 is 11.4 Å². The molecule has 1 N–H and O–H groups in total. The molecule has 0 amide bonds. The Balaban J connectivity index is 2.16. The van der Waals surface area contributed by atoms with E-state index >= 15 is 0 Å². The van der Waals surface area contributed by atoms with E-state index in [1.165, 1.54) is 12.8 Å². The van der Waals surface area contributed by atoms with Gasteiger partial charge in [-0.05, 0) is 45.5 Å². The van der Waals surface area contributed by atoms with Crippen molar-refractivity contribution in [1.29, 1.82) is 0 Å². The van der Waals surface area contributed by atoms with Gasteiger partial charge in [-0.1, -0.05) is 18.9 Å². The molecule has 1 aliphatic carbocycles. The first-order valence-electron chi connectivity index (χ1n) is 7.11. The lowest BCUT2D eigenvalue weighted by Gasteiger charge is -2.36. The highest BCUT2D eigenvalue weighted by Gasteiger charge is 2.36. The minimum absolute atomic E-state index is 0.124. The molecule has 0 bridgehead atoms. The topological polar surface area (TPSA) is 58.4 Å². The van der Waals surface area contributed by atoms with Crippen molar-refractivity contribution in [2.45, 2.75) is 38.1 Å². The van der Waals surface area contributed by atoms with E-state index in [4.69, 9.17) is 0 Å². The number of rotatable bonds is 5. The van der Waals surface area contributed by atoms with Crippen LogP contribution in [0.4, 0.5) is 11.4 Å². The fourth-order valence-electron chi connectivity index (χ4n) is 3.02. The molecule has 2 rings (SSSR count). The van der Waals surface area contributed by atoms with E-state index in [-0.39, 0.29) is 16.1 Å². The molecule has 0 unspecified atom stereocenters. The molecule has 5 nitrogen and oxygen atoms in total. The summed E-state index contributed by atoms with van der Waals surface area (Å²) in [5.74, 6) is 0. The van der Waals surface area contributed by atoms with Gasteiger partial charge in [0.25, 0.3) is 5.69 Å². The number of likely N-dealkylation sites (N-methyl/N-ethyl adjacent to an activating group) is 1. The van der Waals surface area contributed by atoms with Crippen LogP contribution in [0.2, 0.25) is 0 Å². The fraction of sp³-hybridized carbons (Fsp3) is 0.600. The Kier molecular flexibility index (Phi) is 4.28. The van der Waals surface area contributed by atoms with Crippen molar-refractivity contribution in [2.75, 3.05) is 26.0 Å². The quantitative estimate of drug-likeness (QED) is 0.663. The SMILES string of the molecule is Cc1ccc(NCC2(N(C)C)CCCC2)c([N+](=O)[O-])c1. The van der Waals surface area contributed by atoms with Gasteiger partial charge < -0.3 is 10.2 Å². The van der Waals surface area contributed by atoms with Gasteiger partial charge in [-0.15, -0.1) is 0 Å². The van der Waals surface area contributed by atoms with E-state index in [2.05, 4.69) is 24.3 Å². The fourth-order valence-corrected chi connectivity index (χ4v) is 3.02. The van der Waals surface area contributed by atoms with Gasteiger partial charge >= 0.3 is 0 Å². The molecule has 1 aromatic carbocycles. The maximum Gasteiger partial charge on any atom is 0.292 e. The van der Waals surface area contributed by atoms with E-state index < -0.39 is 0 Å². The van der Waals surface area contributed by atoms with Gasteiger partial charge in [0, 0.05) is 18.2 Å². The summed E-state index contributed by atoms with van der Waals surface area (Å²) in [7, 11) is 4.19. The molecule has 0 aromatic heterocycles. The summed E-state index contributed by atoms with van der Waals surface area (Å²) in [6.07, 6.45) is 4.75. The number of nitro benzene ring substituents is 1. The maximum absolute atomic E-state index is 11.1. The molecule has 5 heteroatoms. The van der Waals surface area contributed by atoms with Crippen LogP contribution in [0.1, 0.15) is 31.2 Å². The summed E-state index contributed by atoms with van der Waals surface area (Å²) in [6, 6.07) is 5.34. The predicted molar refractivity (Wildman–Crippen MR) is 81.2 cm³/mol. The number of benzene rings is 1. The summed E-state index contributed by atoms with van der Waals surface area (Å²) < 4.78 is 0. The first-order chi connectivity index (χ1) is 9.44. The van der Waals surface area contributed by atoms with Crippen molar-refractivity contribution in [2.24, 2.45) is 0 Å². The summed E-state index contributed by atoms with van der Waals surface area (Å²) in [6.45, 7) is 2.62. The Morgan fingerprint density at radius 3 is 2.55 bits per heavy atom. The molecular weight excluding hydrogens is 254 g/mol. The minimum atomic E-state index is -0.313. The highest BCUT2D eigenvalue weighted by Crippen LogP contribution is 2.35. The lowest BCUT2D eigenvalue weighted by atomic mass is 9.96. The molecule has 0 radical (unpaired) electrons. The van der Waals surface area contributed by atoms with E-state index in [9.17, 15) is 10.1 Å². The van der Waals surface area contributed by atoms with E-state index in [1.54, 1.807) is 6.07 Å². The monoisotopic (exact) mass is 277 g/mol. The van der Waals surface area contributed by atoms with Crippen LogP contribution in [0.15, 0.2) is 18.2 Å². The standard InChI is InChI=1S/C15H23N3O2/c1-12-6-7-13(14(10-12)18(19)20)16-11-15(17(2)3)8-4-5-9-15/h6-7,10,16H,4-5,8-9,11H2,1-3H3. The number of hydrogen-bond acceptors (Lipinski definition) is 4. The van der Waals surface area contributed by atoms with Gasteiger partial charge in [-0.25, -0.2) is 0 Å². The first kappa shape index (κ1) is 14.8.